The van der Waals surface area contributed by atoms with Gasteiger partial charge in [-0.15, -0.1) is 0 Å². The van der Waals surface area contributed by atoms with Crippen LogP contribution in [0.3, 0.4) is 0 Å². The van der Waals surface area contributed by atoms with Crippen LogP contribution in [0.2, 0.25) is 0 Å². The van der Waals surface area contributed by atoms with E-state index in [-0.39, 0.29) is 5.91 Å². The van der Waals surface area contributed by atoms with Gasteiger partial charge in [-0.05, 0) is 50.1 Å². The molecule has 1 aliphatic heterocycles. The molecule has 2 heterocycles. The lowest BCUT2D eigenvalue weighted by atomic mass is 9.94. The monoisotopic (exact) mass is 382 g/mol. The predicted octanol–water partition coefficient (Wildman–Crippen LogP) is 3.57. The molecule has 0 atom stereocenters. The van der Waals surface area contributed by atoms with Crippen molar-refractivity contribution in [3.05, 3.63) is 36.0 Å². The summed E-state index contributed by atoms with van der Waals surface area (Å²) in [6.45, 7) is 6.18. The Balaban J connectivity index is 1.35. The SMILES string of the molecule is CCOc1ccc(-c2cc(C(=O)N3CCN(C4CCCCC4)CC3)[nH]n2)cc1. The van der Waals surface area contributed by atoms with Crippen molar-refractivity contribution in [1.29, 1.82) is 0 Å². The summed E-state index contributed by atoms with van der Waals surface area (Å²) in [7, 11) is 0. The van der Waals surface area contributed by atoms with Crippen LogP contribution in [0.4, 0.5) is 0 Å². The highest BCUT2D eigenvalue weighted by atomic mass is 16.5. The number of nitrogens with one attached hydrogen (secondary N) is 1. The van der Waals surface area contributed by atoms with Gasteiger partial charge in [0.25, 0.3) is 5.91 Å². The van der Waals surface area contributed by atoms with E-state index in [2.05, 4.69) is 15.1 Å². The van der Waals surface area contributed by atoms with Gasteiger partial charge in [-0.2, -0.15) is 5.10 Å². The van der Waals surface area contributed by atoms with Crippen molar-refractivity contribution >= 4 is 5.91 Å². The third-order valence-electron chi connectivity index (χ3n) is 5.96. The molecule has 2 fully saturated rings. The Hall–Kier alpha value is -2.34. The number of ether oxygens (including phenoxy) is 1. The Morgan fingerprint density at radius 1 is 1.11 bits per heavy atom. The molecule has 0 spiro atoms. The van der Waals surface area contributed by atoms with Gasteiger partial charge in [0.1, 0.15) is 11.4 Å². The first-order valence-corrected chi connectivity index (χ1v) is 10.6. The molecule has 1 aromatic carbocycles. The Morgan fingerprint density at radius 2 is 1.82 bits per heavy atom. The number of aromatic nitrogens is 2. The number of aromatic amines is 1. The fourth-order valence-electron chi connectivity index (χ4n) is 4.37. The van der Waals surface area contributed by atoms with Crippen molar-refractivity contribution < 1.29 is 9.53 Å². The minimum Gasteiger partial charge on any atom is -0.494 e. The molecular weight excluding hydrogens is 352 g/mol. The second-order valence-electron chi connectivity index (χ2n) is 7.74. The molecule has 150 valence electrons. The number of carbonyl (C=O) groups excluding carboxylic acids is 1. The number of hydrogen-bond donors (Lipinski definition) is 1. The molecule has 6 heteroatoms. The van der Waals surface area contributed by atoms with Crippen LogP contribution >= 0.6 is 0 Å². The lowest BCUT2D eigenvalue weighted by molar-refractivity contribution is 0.0518. The molecular formula is C22H30N4O2. The first kappa shape index (κ1) is 19.0. The van der Waals surface area contributed by atoms with Gasteiger partial charge in [-0.3, -0.25) is 14.8 Å². The van der Waals surface area contributed by atoms with Crippen molar-refractivity contribution in [2.45, 2.75) is 45.1 Å². The zero-order valence-corrected chi connectivity index (χ0v) is 16.7. The molecule has 1 N–H and O–H groups in total. The van der Waals surface area contributed by atoms with Crippen LogP contribution in [0.15, 0.2) is 30.3 Å². The summed E-state index contributed by atoms with van der Waals surface area (Å²) in [5.74, 6) is 0.891. The van der Waals surface area contributed by atoms with Crippen molar-refractivity contribution in [3.8, 4) is 17.0 Å². The van der Waals surface area contributed by atoms with E-state index in [1.54, 1.807) is 0 Å². The van der Waals surface area contributed by atoms with E-state index < -0.39 is 0 Å². The molecule has 1 aliphatic carbocycles. The fourth-order valence-corrected chi connectivity index (χ4v) is 4.37. The molecule has 2 aliphatic rings. The van der Waals surface area contributed by atoms with Gasteiger partial charge >= 0.3 is 0 Å². The van der Waals surface area contributed by atoms with Gasteiger partial charge in [-0.1, -0.05) is 19.3 Å². The van der Waals surface area contributed by atoms with E-state index >= 15 is 0 Å². The van der Waals surface area contributed by atoms with Crippen LogP contribution in [0, 0.1) is 0 Å². The summed E-state index contributed by atoms with van der Waals surface area (Å²) in [4.78, 5) is 17.4. The molecule has 0 unspecified atom stereocenters. The van der Waals surface area contributed by atoms with Gasteiger partial charge in [0.2, 0.25) is 0 Å². The van der Waals surface area contributed by atoms with Crippen molar-refractivity contribution in [1.82, 2.24) is 20.0 Å². The van der Waals surface area contributed by atoms with Gasteiger partial charge in [0.15, 0.2) is 0 Å². The summed E-state index contributed by atoms with van der Waals surface area (Å²) in [5.41, 5.74) is 2.32. The number of nitrogens with zero attached hydrogens (tertiary/aromatic N) is 3. The first-order chi connectivity index (χ1) is 13.7. The van der Waals surface area contributed by atoms with Crippen LogP contribution in [0.25, 0.3) is 11.3 Å². The topological polar surface area (TPSA) is 61.5 Å². The van der Waals surface area contributed by atoms with Crippen molar-refractivity contribution in [3.63, 3.8) is 0 Å². The highest BCUT2D eigenvalue weighted by Gasteiger charge is 2.28. The Kier molecular flexibility index (Phi) is 5.95. The molecule has 1 amide bonds. The van der Waals surface area contributed by atoms with E-state index in [0.717, 1.165) is 49.2 Å². The normalized spacial score (nSPS) is 19.0. The van der Waals surface area contributed by atoms with Gasteiger partial charge in [0, 0.05) is 37.8 Å². The molecule has 4 rings (SSSR count). The molecule has 1 saturated carbocycles. The number of benzene rings is 1. The van der Waals surface area contributed by atoms with Crippen molar-refractivity contribution in [2.24, 2.45) is 0 Å². The summed E-state index contributed by atoms with van der Waals surface area (Å²) in [6.07, 6.45) is 6.73. The summed E-state index contributed by atoms with van der Waals surface area (Å²) in [5, 5.41) is 7.27. The molecule has 0 bridgehead atoms. The average molecular weight is 383 g/mol. The number of H-pyrrole nitrogens is 1. The average Bonchev–Trinajstić information content (AvgIpc) is 3.25. The number of rotatable bonds is 5. The van der Waals surface area contributed by atoms with Crippen LogP contribution in [0.1, 0.15) is 49.5 Å². The highest BCUT2D eigenvalue weighted by molar-refractivity contribution is 5.93. The lowest BCUT2D eigenvalue weighted by Gasteiger charge is -2.40. The van der Waals surface area contributed by atoms with Crippen LogP contribution < -0.4 is 4.74 Å². The van der Waals surface area contributed by atoms with Crippen LogP contribution in [-0.2, 0) is 0 Å². The standard InChI is InChI=1S/C22H30N4O2/c1-2-28-19-10-8-17(9-11-19)20-16-21(24-23-20)22(27)26-14-12-25(13-15-26)18-6-4-3-5-7-18/h8-11,16,18H,2-7,12-15H2,1H3,(H,23,24). The molecule has 0 radical (unpaired) electrons. The molecule has 6 nitrogen and oxygen atoms in total. The maximum Gasteiger partial charge on any atom is 0.271 e. The molecule has 28 heavy (non-hydrogen) atoms. The number of hydrogen-bond acceptors (Lipinski definition) is 4. The van der Waals surface area contributed by atoms with E-state index in [4.69, 9.17) is 4.74 Å². The van der Waals surface area contributed by atoms with Gasteiger partial charge < -0.3 is 9.64 Å². The zero-order valence-electron chi connectivity index (χ0n) is 16.7. The van der Waals surface area contributed by atoms with Gasteiger partial charge in [0.05, 0.1) is 12.3 Å². The summed E-state index contributed by atoms with van der Waals surface area (Å²) in [6, 6.07) is 10.4. The minimum absolute atomic E-state index is 0.0491. The largest absolute Gasteiger partial charge is 0.494 e. The smallest absolute Gasteiger partial charge is 0.271 e. The molecule has 1 aromatic heterocycles. The quantitative estimate of drug-likeness (QED) is 0.859. The Bertz CT molecular complexity index is 772. The molecule has 2 aromatic rings. The summed E-state index contributed by atoms with van der Waals surface area (Å²) < 4.78 is 5.48. The Morgan fingerprint density at radius 3 is 2.50 bits per heavy atom. The van der Waals surface area contributed by atoms with E-state index in [1.807, 2.05) is 42.2 Å². The van der Waals surface area contributed by atoms with E-state index in [9.17, 15) is 4.79 Å². The first-order valence-electron chi connectivity index (χ1n) is 10.6. The second kappa shape index (κ2) is 8.78. The third-order valence-corrected chi connectivity index (χ3v) is 5.96. The zero-order chi connectivity index (χ0) is 19.3. The van der Waals surface area contributed by atoms with Crippen LogP contribution in [-0.4, -0.2) is 64.7 Å². The number of piperazine rings is 1. The number of amides is 1. The lowest BCUT2D eigenvalue weighted by Crippen LogP contribution is -2.52. The maximum absolute atomic E-state index is 12.9. The third kappa shape index (κ3) is 4.22. The highest BCUT2D eigenvalue weighted by Crippen LogP contribution is 2.25. The van der Waals surface area contributed by atoms with Crippen LogP contribution in [0.5, 0.6) is 5.75 Å². The fraction of sp³-hybridized carbons (Fsp3) is 0.545. The Labute approximate surface area is 166 Å². The maximum atomic E-state index is 12.9. The molecule has 1 saturated heterocycles. The van der Waals surface area contributed by atoms with E-state index in [0.29, 0.717) is 12.3 Å². The van der Waals surface area contributed by atoms with E-state index in [1.165, 1.54) is 32.1 Å². The summed E-state index contributed by atoms with van der Waals surface area (Å²) >= 11 is 0. The second-order valence-corrected chi connectivity index (χ2v) is 7.74. The minimum atomic E-state index is 0.0491. The van der Waals surface area contributed by atoms with Crippen molar-refractivity contribution in [2.75, 3.05) is 32.8 Å². The van der Waals surface area contributed by atoms with Gasteiger partial charge in [-0.25, -0.2) is 0 Å². The number of carbonyl (C=O) groups is 1. The predicted molar refractivity (Wildman–Crippen MR) is 110 cm³/mol.